The fraction of sp³-hybridized carbons (Fsp3) is 0.667. The Morgan fingerprint density at radius 1 is 1.60 bits per heavy atom. The Labute approximate surface area is 60.2 Å². The second-order valence-corrected chi connectivity index (χ2v) is 2.27. The first-order chi connectivity index (χ1) is 4.59. The van der Waals surface area contributed by atoms with Crippen LogP contribution in [0.4, 0.5) is 4.79 Å². The van der Waals surface area contributed by atoms with E-state index in [9.17, 15) is 9.59 Å². The van der Waals surface area contributed by atoms with E-state index in [-0.39, 0.29) is 12.1 Å². The molecular formula is C6H12N2O2. The zero-order valence-corrected chi connectivity index (χ0v) is 6.42. The Bertz CT molecular complexity index is 134. The number of urea groups is 1. The molecule has 0 spiro atoms. The molecule has 10 heavy (non-hydrogen) atoms. The standard InChI is InChI=1S/C6H12N2O2/c1-5(2)8(3)6(10)7-4-9/h4-5H,1-3H3,(H,7,9,10). The minimum atomic E-state index is -0.370. The van der Waals surface area contributed by atoms with Crippen LogP contribution < -0.4 is 5.32 Å². The number of imide groups is 1. The van der Waals surface area contributed by atoms with Crippen LogP contribution in [0.3, 0.4) is 0 Å². The third kappa shape index (κ3) is 2.48. The highest BCUT2D eigenvalue weighted by Crippen LogP contribution is 1.91. The van der Waals surface area contributed by atoms with E-state index >= 15 is 0 Å². The monoisotopic (exact) mass is 144 g/mol. The van der Waals surface area contributed by atoms with E-state index in [4.69, 9.17) is 0 Å². The first-order valence-corrected chi connectivity index (χ1v) is 3.06. The maximum absolute atomic E-state index is 10.8. The summed E-state index contributed by atoms with van der Waals surface area (Å²) in [5.41, 5.74) is 0. The van der Waals surface area contributed by atoms with Crippen LogP contribution in [0, 0.1) is 0 Å². The summed E-state index contributed by atoms with van der Waals surface area (Å²) in [6.45, 7) is 3.73. The van der Waals surface area contributed by atoms with Gasteiger partial charge in [0.2, 0.25) is 6.41 Å². The van der Waals surface area contributed by atoms with Crippen LogP contribution in [-0.2, 0) is 4.79 Å². The highest BCUT2D eigenvalue weighted by atomic mass is 16.2. The van der Waals surface area contributed by atoms with Crippen molar-refractivity contribution in [2.75, 3.05) is 7.05 Å². The lowest BCUT2D eigenvalue weighted by molar-refractivity contribution is -0.108. The van der Waals surface area contributed by atoms with E-state index in [1.54, 1.807) is 7.05 Å². The molecule has 0 saturated carbocycles. The lowest BCUT2D eigenvalue weighted by Crippen LogP contribution is -2.40. The van der Waals surface area contributed by atoms with E-state index in [1.807, 2.05) is 19.2 Å². The molecule has 0 aliphatic rings. The minimum Gasteiger partial charge on any atom is -0.325 e. The lowest BCUT2D eigenvalue weighted by atomic mass is 10.4. The highest BCUT2D eigenvalue weighted by molar-refractivity contribution is 5.84. The summed E-state index contributed by atoms with van der Waals surface area (Å²) in [4.78, 5) is 22.0. The fourth-order valence-electron chi connectivity index (χ4n) is 0.387. The first-order valence-electron chi connectivity index (χ1n) is 3.06. The summed E-state index contributed by atoms with van der Waals surface area (Å²) in [6.07, 6.45) is 0.376. The van der Waals surface area contributed by atoms with Crippen molar-refractivity contribution in [3.05, 3.63) is 0 Å². The van der Waals surface area contributed by atoms with Crippen LogP contribution >= 0.6 is 0 Å². The topological polar surface area (TPSA) is 49.4 Å². The van der Waals surface area contributed by atoms with E-state index < -0.39 is 0 Å². The van der Waals surface area contributed by atoms with Gasteiger partial charge in [0.05, 0.1) is 0 Å². The van der Waals surface area contributed by atoms with Crippen LogP contribution in [0.2, 0.25) is 0 Å². The number of carbonyl (C=O) groups is 2. The molecule has 3 amide bonds. The van der Waals surface area contributed by atoms with Crippen molar-refractivity contribution in [2.24, 2.45) is 0 Å². The van der Waals surface area contributed by atoms with Crippen LogP contribution in [-0.4, -0.2) is 30.4 Å². The van der Waals surface area contributed by atoms with Crippen molar-refractivity contribution in [2.45, 2.75) is 19.9 Å². The summed E-state index contributed by atoms with van der Waals surface area (Å²) in [7, 11) is 1.63. The van der Waals surface area contributed by atoms with Gasteiger partial charge >= 0.3 is 6.03 Å². The summed E-state index contributed by atoms with van der Waals surface area (Å²) >= 11 is 0. The number of carbonyl (C=O) groups excluding carboxylic acids is 2. The molecule has 0 aliphatic heterocycles. The molecule has 0 bridgehead atoms. The van der Waals surface area contributed by atoms with Gasteiger partial charge in [-0.15, -0.1) is 0 Å². The van der Waals surface area contributed by atoms with E-state index in [2.05, 4.69) is 0 Å². The smallest absolute Gasteiger partial charge is 0.323 e. The van der Waals surface area contributed by atoms with Gasteiger partial charge in [0, 0.05) is 13.1 Å². The largest absolute Gasteiger partial charge is 0.325 e. The molecule has 0 atom stereocenters. The molecular weight excluding hydrogens is 132 g/mol. The second kappa shape index (κ2) is 3.87. The Kier molecular flexibility index (Phi) is 3.46. The van der Waals surface area contributed by atoms with E-state index in [1.165, 1.54) is 4.90 Å². The molecule has 0 fully saturated rings. The molecule has 0 aliphatic carbocycles. The average Bonchev–Trinajstić information content (AvgIpc) is 1.87. The predicted molar refractivity (Wildman–Crippen MR) is 37.5 cm³/mol. The Morgan fingerprint density at radius 2 is 2.10 bits per heavy atom. The van der Waals surface area contributed by atoms with Crippen LogP contribution in [0.25, 0.3) is 0 Å². The average molecular weight is 144 g/mol. The van der Waals surface area contributed by atoms with E-state index in [0.29, 0.717) is 6.41 Å². The van der Waals surface area contributed by atoms with Crippen LogP contribution in [0.15, 0.2) is 0 Å². The third-order valence-electron chi connectivity index (χ3n) is 1.28. The Balaban J connectivity index is 3.81. The number of hydrogen-bond donors (Lipinski definition) is 1. The van der Waals surface area contributed by atoms with Gasteiger partial charge in [0.15, 0.2) is 0 Å². The van der Waals surface area contributed by atoms with Crippen molar-refractivity contribution < 1.29 is 9.59 Å². The maximum Gasteiger partial charge on any atom is 0.323 e. The molecule has 4 heteroatoms. The van der Waals surface area contributed by atoms with Gasteiger partial charge < -0.3 is 4.90 Å². The number of nitrogens with zero attached hydrogens (tertiary/aromatic N) is 1. The van der Waals surface area contributed by atoms with Crippen molar-refractivity contribution in [1.29, 1.82) is 0 Å². The summed E-state index contributed by atoms with van der Waals surface area (Å²) in [6, 6.07) is -0.259. The molecule has 4 nitrogen and oxygen atoms in total. The SMILES string of the molecule is CC(C)N(C)C(=O)NC=O. The molecule has 0 saturated heterocycles. The van der Waals surface area contributed by atoms with Gasteiger partial charge in [-0.1, -0.05) is 0 Å². The molecule has 0 unspecified atom stereocenters. The molecule has 0 rings (SSSR count). The zero-order chi connectivity index (χ0) is 8.15. The molecule has 0 aromatic heterocycles. The minimum absolute atomic E-state index is 0.111. The van der Waals surface area contributed by atoms with Crippen molar-refractivity contribution in [3.63, 3.8) is 0 Å². The fourth-order valence-corrected chi connectivity index (χ4v) is 0.387. The van der Waals surface area contributed by atoms with Crippen LogP contribution in [0.1, 0.15) is 13.8 Å². The third-order valence-corrected chi connectivity index (χ3v) is 1.28. The summed E-state index contributed by atoms with van der Waals surface area (Å²) in [5.74, 6) is 0. The Morgan fingerprint density at radius 3 is 2.40 bits per heavy atom. The molecule has 1 N–H and O–H groups in total. The second-order valence-electron chi connectivity index (χ2n) is 2.27. The molecule has 0 aromatic rings. The predicted octanol–water partition coefficient (Wildman–Crippen LogP) is 0.193. The quantitative estimate of drug-likeness (QED) is 0.562. The first kappa shape index (κ1) is 8.94. The number of hydrogen-bond acceptors (Lipinski definition) is 2. The summed E-state index contributed by atoms with van der Waals surface area (Å²) < 4.78 is 0. The van der Waals surface area contributed by atoms with Gasteiger partial charge in [-0.25, -0.2) is 4.79 Å². The maximum atomic E-state index is 10.8. The Hall–Kier alpha value is -1.06. The van der Waals surface area contributed by atoms with E-state index in [0.717, 1.165) is 0 Å². The molecule has 58 valence electrons. The van der Waals surface area contributed by atoms with Gasteiger partial charge in [-0.3, -0.25) is 10.1 Å². The van der Waals surface area contributed by atoms with Gasteiger partial charge in [-0.2, -0.15) is 0 Å². The normalized spacial score (nSPS) is 9.20. The summed E-state index contributed by atoms with van der Waals surface area (Å²) in [5, 5.41) is 2.03. The van der Waals surface area contributed by atoms with Gasteiger partial charge in [0.1, 0.15) is 0 Å². The number of rotatable bonds is 2. The molecule has 0 heterocycles. The van der Waals surface area contributed by atoms with Crippen molar-refractivity contribution >= 4 is 12.4 Å². The number of amides is 3. The number of nitrogens with one attached hydrogen (secondary N) is 1. The van der Waals surface area contributed by atoms with Crippen LogP contribution in [0.5, 0.6) is 0 Å². The van der Waals surface area contributed by atoms with Crippen molar-refractivity contribution in [1.82, 2.24) is 10.2 Å². The highest BCUT2D eigenvalue weighted by Gasteiger charge is 2.09. The van der Waals surface area contributed by atoms with Gasteiger partial charge in [0.25, 0.3) is 0 Å². The zero-order valence-electron chi connectivity index (χ0n) is 6.42. The van der Waals surface area contributed by atoms with Gasteiger partial charge in [-0.05, 0) is 13.8 Å². The lowest BCUT2D eigenvalue weighted by Gasteiger charge is -2.19. The molecule has 0 radical (unpaired) electrons. The van der Waals surface area contributed by atoms with Crippen molar-refractivity contribution in [3.8, 4) is 0 Å². The molecule has 0 aromatic carbocycles.